The maximum absolute atomic E-state index is 13.5. The predicted molar refractivity (Wildman–Crippen MR) is 137 cm³/mol. The molecule has 0 spiro atoms. The molecule has 4 aromatic rings. The number of benzene rings is 4. The van der Waals surface area contributed by atoms with E-state index in [0.29, 0.717) is 23.7 Å². The molecule has 4 aromatic carbocycles. The Hall–Kier alpha value is -4.10. The van der Waals surface area contributed by atoms with E-state index < -0.39 is 15.9 Å². The van der Waals surface area contributed by atoms with Gasteiger partial charge in [-0.25, -0.2) is 8.42 Å². The van der Waals surface area contributed by atoms with Crippen molar-refractivity contribution in [3.8, 4) is 11.5 Å². The topological polar surface area (TPSA) is 75.7 Å². The first-order valence-electron chi connectivity index (χ1n) is 11.1. The number of rotatable bonds is 9. The van der Waals surface area contributed by atoms with Gasteiger partial charge in [0.05, 0.1) is 10.6 Å². The van der Waals surface area contributed by atoms with Gasteiger partial charge >= 0.3 is 0 Å². The fraction of sp³-hybridized carbons (Fsp3) is 0.107. The summed E-state index contributed by atoms with van der Waals surface area (Å²) in [5.41, 5.74) is 2.42. The zero-order valence-corrected chi connectivity index (χ0v) is 20.1. The van der Waals surface area contributed by atoms with Crippen LogP contribution in [0.4, 0.5) is 5.69 Å². The van der Waals surface area contributed by atoms with Crippen LogP contribution in [0.15, 0.2) is 114 Å². The number of carbonyl (C=O) groups is 1. The normalized spacial score (nSPS) is 11.0. The summed E-state index contributed by atoms with van der Waals surface area (Å²) in [6, 6.07) is 31.8. The van der Waals surface area contributed by atoms with Crippen molar-refractivity contribution in [3.05, 3.63) is 120 Å². The number of anilines is 1. The molecule has 0 saturated heterocycles. The Morgan fingerprint density at radius 1 is 0.771 bits per heavy atom. The molecule has 0 aliphatic rings. The summed E-state index contributed by atoms with van der Waals surface area (Å²) in [4.78, 5) is 12.9. The van der Waals surface area contributed by atoms with Gasteiger partial charge in [-0.05, 0) is 61.0 Å². The average molecular weight is 487 g/mol. The molecule has 0 heterocycles. The maximum atomic E-state index is 13.5. The number of nitrogens with zero attached hydrogens (tertiary/aromatic N) is 1. The van der Waals surface area contributed by atoms with Gasteiger partial charge in [0.1, 0.15) is 18.0 Å². The van der Waals surface area contributed by atoms with Gasteiger partial charge in [0.2, 0.25) is 5.91 Å². The highest BCUT2D eigenvalue weighted by Crippen LogP contribution is 2.28. The third-order valence-electron chi connectivity index (χ3n) is 5.33. The van der Waals surface area contributed by atoms with Gasteiger partial charge in [0, 0.05) is 6.54 Å². The van der Waals surface area contributed by atoms with Crippen LogP contribution in [-0.4, -0.2) is 20.9 Å². The smallest absolute Gasteiger partial charge is 0.264 e. The van der Waals surface area contributed by atoms with E-state index in [2.05, 4.69) is 5.32 Å². The van der Waals surface area contributed by atoms with Gasteiger partial charge in [0.15, 0.2) is 0 Å². The molecule has 35 heavy (non-hydrogen) atoms. The minimum absolute atomic E-state index is 0.107. The number of hydrogen-bond acceptors (Lipinski definition) is 4. The number of ether oxygens (including phenoxy) is 1. The van der Waals surface area contributed by atoms with E-state index >= 15 is 0 Å². The standard InChI is InChI=1S/C28H26N2O4S/c1-22-12-14-23(15-13-22)20-29-28(31)21-30(35(32,33)27-10-6-3-7-11-27)24-16-18-26(19-17-24)34-25-8-4-2-5-9-25/h2-19H,20-21H2,1H3,(H,29,31). The second-order valence-corrected chi connectivity index (χ2v) is 9.86. The lowest BCUT2D eigenvalue weighted by molar-refractivity contribution is -0.119. The molecular formula is C28H26N2O4S. The lowest BCUT2D eigenvalue weighted by Crippen LogP contribution is -2.40. The molecule has 0 fully saturated rings. The zero-order chi connectivity index (χ0) is 24.7. The van der Waals surface area contributed by atoms with Gasteiger partial charge in [-0.2, -0.15) is 0 Å². The van der Waals surface area contributed by atoms with Gasteiger partial charge in [-0.3, -0.25) is 9.10 Å². The number of aryl methyl sites for hydroxylation is 1. The van der Waals surface area contributed by atoms with Crippen molar-refractivity contribution in [1.29, 1.82) is 0 Å². The molecule has 1 amide bonds. The Kier molecular flexibility index (Phi) is 7.48. The van der Waals surface area contributed by atoms with E-state index in [1.54, 1.807) is 42.5 Å². The Labute approximate surface area is 205 Å². The highest BCUT2D eigenvalue weighted by atomic mass is 32.2. The molecule has 0 aliphatic carbocycles. The molecule has 0 radical (unpaired) electrons. The zero-order valence-electron chi connectivity index (χ0n) is 19.3. The summed E-state index contributed by atoms with van der Waals surface area (Å²) < 4.78 is 33.9. The number of nitrogens with one attached hydrogen (secondary N) is 1. The summed E-state index contributed by atoms with van der Waals surface area (Å²) >= 11 is 0. The second kappa shape index (κ2) is 10.9. The molecule has 0 saturated carbocycles. The van der Waals surface area contributed by atoms with Crippen LogP contribution in [0.25, 0.3) is 0 Å². The molecular weight excluding hydrogens is 460 g/mol. The highest BCUT2D eigenvalue weighted by Gasteiger charge is 2.27. The van der Waals surface area contributed by atoms with Crippen LogP contribution < -0.4 is 14.4 Å². The average Bonchev–Trinajstić information content (AvgIpc) is 2.88. The molecule has 6 nitrogen and oxygen atoms in total. The molecule has 7 heteroatoms. The first-order chi connectivity index (χ1) is 16.9. The number of carbonyl (C=O) groups excluding carboxylic acids is 1. The minimum Gasteiger partial charge on any atom is -0.457 e. The van der Waals surface area contributed by atoms with Gasteiger partial charge < -0.3 is 10.1 Å². The monoisotopic (exact) mass is 486 g/mol. The van der Waals surface area contributed by atoms with Gasteiger partial charge in [-0.15, -0.1) is 0 Å². The predicted octanol–water partition coefficient (Wildman–Crippen LogP) is 5.30. The van der Waals surface area contributed by atoms with Crippen LogP contribution in [0.5, 0.6) is 11.5 Å². The van der Waals surface area contributed by atoms with Crippen molar-refractivity contribution in [2.24, 2.45) is 0 Å². The summed E-state index contributed by atoms with van der Waals surface area (Å²) in [7, 11) is -3.98. The van der Waals surface area contributed by atoms with Crippen LogP contribution in [0.2, 0.25) is 0 Å². The summed E-state index contributed by atoms with van der Waals surface area (Å²) in [6.45, 7) is 1.94. The molecule has 0 unspecified atom stereocenters. The van der Waals surface area contributed by atoms with Crippen LogP contribution >= 0.6 is 0 Å². The third kappa shape index (κ3) is 6.28. The molecule has 0 aromatic heterocycles. The van der Waals surface area contributed by atoms with E-state index in [-0.39, 0.29) is 11.4 Å². The first kappa shape index (κ1) is 24.0. The molecule has 1 N–H and O–H groups in total. The third-order valence-corrected chi connectivity index (χ3v) is 7.12. The molecule has 178 valence electrons. The Bertz CT molecular complexity index is 1360. The minimum atomic E-state index is -3.98. The quantitative estimate of drug-likeness (QED) is 0.348. The second-order valence-electron chi connectivity index (χ2n) is 8.00. The number of para-hydroxylation sites is 1. The largest absolute Gasteiger partial charge is 0.457 e. The van der Waals surface area contributed by atoms with Crippen molar-refractivity contribution in [2.45, 2.75) is 18.4 Å². The molecule has 0 bridgehead atoms. The van der Waals surface area contributed by atoms with E-state index in [0.717, 1.165) is 15.4 Å². The Balaban J connectivity index is 1.55. The SMILES string of the molecule is Cc1ccc(CNC(=O)CN(c2ccc(Oc3ccccc3)cc2)S(=O)(=O)c2ccccc2)cc1. The van der Waals surface area contributed by atoms with E-state index in [4.69, 9.17) is 4.74 Å². The molecule has 4 rings (SSSR count). The summed E-state index contributed by atoms with van der Waals surface area (Å²) in [5.74, 6) is 0.819. The lowest BCUT2D eigenvalue weighted by atomic mass is 10.1. The van der Waals surface area contributed by atoms with Crippen molar-refractivity contribution in [1.82, 2.24) is 5.32 Å². The maximum Gasteiger partial charge on any atom is 0.264 e. The highest BCUT2D eigenvalue weighted by molar-refractivity contribution is 7.92. The van der Waals surface area contributed by atoms with Crippen LogP contribution in [0.3, 0.4) is 0 Å². The Morgan fingerprint density at radius 3 is 1.97 bits per heavy atom. The van der Waals surface area contributed by atoms with Crippen LogP contribution in [0, 0.1) is 6.92 Å². The first-order valence-corrected chi connectivity index (χ1v) is 12.6. The van der Waals surface area contributed by atoms with Crippen LogP contribution in [-0.2, 0) is 21.4 Å². The summed E-state index contributed by atoms with van der Waals surface area (Å²) in [5, 5.41) is 2.82. The van der Waals surface area contributed by atoms with Crippen LogP contribution in [0.1, 0.15) is 11.1 Å². The number of hydrogen-bond donors (Lipinski definition) is 1. The number of amides is 1. The van der Waals surface area contributed by atoms with Crippen molar-refractivity contribution in [2.75, 3.05) is 10.8 Å². The fourth-order valence-corrected chi connectivity index (χ4v) is 4.87. The van der Waals surface area contributed by atoms with Gasteiger partial charge in [0.25, 0.3) is 10.0 Å². The van der Waals surface area contributed by atoms with E-state index in [9.17, 15) is 13.2 Å². The van der Waals surface area contributed by atoms with Crippen molar-refractivity contribution in [3.63, 3.8) is 0 Å². The Morgan fingerprint density at radius 2 is 1.34 bits per heavy atom. The van der Waals surface area contributed by atoms with E-state index in [1.165, 1.54) is 12.1 Å². The molecule has 0 aliphatic heterocycles. The number of sulfonamides is 1. The van der Waals surface area contributed by atoms with Crippen molar-refractivity contribution >= 4 is 21.6 Å². The molecule has 0 atom stereocenters. The van der Waals surface area contributed by atoms with Gasteiger partial charge in [-0.1, -0.05) is 66.2 Å². The fourth-order valence-electron chi connectivity index (χ4n) is 3.43. The van der Waals surface area contributed by atoms with Crippen molar-refractivity contribution < 1.29 is 17.9 Å². The summed E-state index contributed by atoms with van der Waals surface area (Å²) in [6.07, 6.45) is 0. The lowest BCUT2D eigenvalue weighted by Gasteiger charge is -2.24. The van der Waals surface area contributed by atoms with E-state index in [1.807, 2.05) is 61.5 Å².